The van der Waals surface area contributed by atoms with Crippen LogP contribution in [0.1, 0.15) is 12.8 Å². The van der Waals surface area contributed by atoms with Gasteiger partial charge in [-0.3, -0.25) is 9.59 Å². The van der Waals surface area contributed by atoms with Crippen molar-refractivity contribution < 1.29 is 14.3 Å². The lowest BCUT2D eigenvalue weighted by Crippen LogP contribution is -2.59. The Hall–Kier alpha value is -3.01. The van der Waals surface area contributed by atoms with Crippen LogP contribution >= 0.6 is 0 Å². The van der Waals surface area contributed by atoms with Crippen molar-refractivity contribution in [2.75, 3.05) is 50.8 Å². The van der Waals surface area contributed by atoms with Crippen molar-refractivity contribution in [2.24, 2.45) is 5.92 Å². The number of rotatable bonds is 4. The van der Waals surface area contributed by atoms with Gasteiger partial charge >= 0.3 is 0 Å². The summed E-state index contributed by atoms with van der Waals surface area (Å²) in [7, 11) is 0. The first-order chi connectivity index (χ1) is 14.7. The number of carbonyl (C=O) groups is 2. The highest BCUT2D eigenvalue weighted by Crippen LogP contribution is 2.25. The van der Waals surface area contributed by atoms with Crippen LogP contribution in [-0.4, -0.2) is 93.3 Å². The molecule has 0 bridgehead atoms. The fourth-order valence-electron chi connectivity index (χ4n) is 4.24. The standard InChI is InChI=1S/C20H25N7O3/c28-19(24-6-8-25(9-7-24)20(29)16-3-1-10-30-16)15-12-26(13-15)17-11-18(22-14-21-17)27-5-2-4-23-27/h2,4-5,11,14-16H,1,3,6-10,12-13H2/t16-/m1/s1. The third-order valence-electron chi connectivity index (χ3n) is 6.04. The van der Waals surface area contributed by atoms with Crippen LogP contribution < -0.4 is 4.90 Å². The number of hydrogen-bond acceptors (Lipinski definition) is 7. The highest BCUT2D eigenvalue weighted by Gasteiger charge is 2.38. The van der Waals surface area contributed by atoms with Crippen LogP contribution in [0, 0.1) is 5.92 Å². The third-order valence-corrected chi connectivity index (χ3v) is 6.04. The van der Waals surface area contributed by atoms with Gasteiger partial charge in [0.1, 0.15) is 18.2 Å². The first-order valence-corrected chi connectivity index (χ1v) is 10.5. The molecule has 10 nitrogen and oxygen atoms in total. The Labute approximate surface area is 174 Å². The maximum atomic E-state index is 12.9. The molecule has 0 radical (unpaired) electrons. The van der Waals surface area contributed by atoms with Gasteiger partial charge in [-0.05, 0) is 18.9 Å². The number of hydrogen-bond donors (Lipinski definition) is 0. The molecule has 2 aromatic rings. The summed E-state index contributed by atoms with van der Waals surface area (Å²) in [6.07, 6.45) is 6.52. The topological polar surface area (TPSA) is 96.7 Å². The second-order valence-corrected chi connectivity index (χ2v) is 7.94. The van der Waals surface area contributed by atoms with Crippen LogP contribution in [0.25, 0.3) is 5.82 Å². The van der Waals surface area contributed by atoms with Crippen molar-refractivity contribution in [3.05, 3.63) is 30.9 Å². The summed E-state index contributed by atoms with van der Waals surface area (Å²) in [5.74, 6) is 1.70. The van der Waals surface area contributed by atoms with Gasteiger partial charge in [-0.1, -0.05) is 0 Å². The molecule has 2 amide bonds. The molecule has 10 heteroatoms. The second kappa shape index (κ2) is 8.02. The average Bonchev–Trinajstić information content (AvgIpc) is 3.47. The van der Waals surface area contributed by atoms with Crippen molar-refractivity contribution >= 4 is 17.6 Å². The number of nitrogens with zero attached hydrogens (tertiary/aromatic N) is 7. The van der Waals surface area contributed by atoms with Crippen LogP contribution in [-0.2, 0) is 14.3 Å². The van der Waals surface area contributed by atoms with Gasteiger partial charge in [-0.15, -0.1) is 0 Å². The summed E-state index contributed by atoms with van der Waals surface area (Å²) >= 11 is 0. The second-order valence-electron chi connectivity index (χ2n) is 7.94. The predicted molar refractivity (Wildman–Crippen MR) is 107 cm³/mol. The maximum Gasteiger partial charge on any atom is 0.251 e. The fraction of sp³-hybridized carbons (Fsp3) is 0.550. The molecule has 0 aromatic carbocycles. The van der Waals surface area contributed by atoms with E-state index in [1.54, 1.807) is 10.9 Å². The van der Waals surface area contributed by atoms with Gasteiger partial charge in [0.15, 0.2) is 5.82 Å². The highest BCUT2D eigenvalue weighted by atomic mass is 16.5. The van der Waals surface area contributed by atoms with E-state index in [4.69, 9.17) is 4.74 Å². The SMILES string of the molecule is O=C(C1CN(c2cc(-n3cccn3)ncn2)C1)N1CCN(C(=O)[C@H]2CCCO2)CC1. The third kappa shape index (κ3) is 3.62. The number of piperazine rings is 1. The first kappa shape index (κ1) is 19.0. The van der Waals surface area contributed by atoms with Crippen LogP contribution in [0.2, 0.25) is 0 Å². The predicted octanol–water partition coefficient (Wildman–Crippen LogP) is -0.0517. The lowest BCUT2D eigenvalue weighted by atomic mass is 9.98. The molecular formula is C20H25N7O3. The fourth-order valence-corrected chi connectivity index (χ4v) is 4.24. The van der Waals surface area contributed by atoms with E-state index in [0.29, 0.717) is 51.7 Å². The van der Waals surface area contributed by atoms with Gasteiger partial charge in [0, 0.05) is 64.3 Å². The Kier molecular flexibility index (Phi) is 5.07. The van der Waals surface area contributed by atoms with Crippen molar-refractivity contribution in [3.8, 4) is 5.82 Å². The molecule has 0 unspecified atom stereocenters. The maximum absolute atomic E-state index is 12.9. The molecule has 3 aliphatic heterocycles. The van der Waals surface area contributed by atoms with Crippen molar-refractivity contribution in [1.82, 2.24) is 29.5 Å². The number of amides is 2. The zero-order valence-corrected chi connectivity index (χ0v) is 16.8. The van der Waals surface area contributed by atoms with Gasteiger partial charge in [-0.25, -0.2) is 14.6 Å². The van der Waals surface area contributed by atoms with E-state index in [-0.39, 0.29) is 23.8 Å². The van der Waals surface area contributed by atoms with E-state index in [9.17, 15) is 9.59 Å². The molecule has 0 spiro atoms. The molecule has 5 rings (SSSR count). The number of carbonyl (C=O) groups excluding carboxylic acids is 2. The van der Waals surface area contributed by atoms with E-state index in [2.05, 4.69) is 20.0 Å². The minimum absolute atomic E-state index is 0.0338. The average molecular weight is 411 g/mol. The van der Waals surface area contributed by atoms with Gasteiger partial charge in [0.05, 0.1) is 5.92 Å². The summed E-state index contributed by atoms with van der Waals surface area (Å²) in [6, 6.07) is 3.72. The van der Waals surface area contributed by atoms with Crippen LogP contribution in [0.4, 0.5) is 5.82 Å². The molecule has 2 aromatic heterocycles. The number of aromatic nitrogens is 4. The Morgan fingerprint density at radius 2 is 1.73 bits per heavy atom. The molecule has 5 heterocycles. The van der Waals surface area contributed by atoms with Crippen molar-refractivity contribution in [3.63, 3.8) is 0 Å². The molecule has 3 saturated heterocycles. The van der Waals surface area contributed by atoms with Gasteiger partial charge in [0.2, 0.25) is 5.91 Å². The minimum atomic E-state index is -0.285. The summed E-state index contributed by atoms with van der Waals surface area (Å²) in [5, 5.41) is 4.19. The van der Waals surface area contributed by atoms with E-state index < -0.39 is 0 Å². The Morgan fingerprint density at radius 3 is 2.40 bits per heavy atom. The van der Waals surface area contributed by atoms with Crippen LogP contribution in [0.3, 0.4) is 0 Å². The molecule has 1 atom stereocenters. The molecule has 3 fully saturated rings. The zero-order valence-electron chi connectivity index (χ0n) is 16.8. The monoisotopic (exact) mass is 411 g/mol. The van der Waals surface area contributed by atoms with Gasteiger partial charge in [0.25, 0.3) is 5.91 Å². The molecule has 0 saturated carbocycles. The summed E-state index contributed by atoms with van der Waals surface area (Å²) in [4.78, 5) is 39.7. The Balaban J connectivity index is 1.12. The normalized spacial score (nSPS) is 22.3. The highest BCUT2D eigenvalue weighted by molar-refractivity contribution is 5.83. The minimum Gasteiger partial charge on any atom is -0.368 e. The summed E-state index contributed by atoms with van der Waals surface area (Å²) in [5.41, 5.74) is 0. The number of anilines is 1. The lowest BCUT2D eigenvalue weighted by Gasteiger charge is -2.43. The largest absolute Gasteiger partial charge is 0.368 e. The molecule has 0 N–H and O–H groups in total. The molecule has 30 heavy (non-hydrogen) atoms. The van der Waals surface area contributed by atoms with E-state index in [1.165, 1.54) is 6.33 Å². The van der Waals surface area contributed by atoms with Crippen molar-refractivity contribution in [1.29, 1.82) is 0 Å². The lowest BCUT2D eigenvalue weighted by molar-refractivity contribution is -0.147. The summed E-state index contributed by atoms with van der Waals surface area (Å²) in [6.45, 7) is 4.30. The van der Waals surface area contributed by atoms with E-state index in [1.807, 2.05) is 28.1 Å². The van der Waals surface area contributed by atoms with Gasteiger partial charge < -0.3 is 19.4 Å². The summed E-state index contributed by atoms with van der Waals surface area (Å²) < 4.78 is 7.19. The molecule has 158 valence electrons. The first-order valence-electron chi connectivity index (χ1n) is 10.5. The number of ether oxygens (including phenoxy) is 1. The Bertz CT molecular complexity index is 899. The zero-order chi connectivity index (χ0) is 20.5. The Morgan fingerprint density at radius 1 is 1.00 bits per heavy atom. The van der Waals surface area contributed by atoms with Crippen LogP contribution in [0.5, 0.6) is 0 Å². The molecular weight excluding hydrogens is 386 g/mol. The van der Waals surface area contributed by atoms with Gasteiger partial charge in [-0.2, -0.15) is 5.10 Å². The molecule has 3 aliphatic rings. The van der Waals surface area contributed by atoms with E-state index >= 15 is 0 Å². The van der Waals surface area contributed by atoms with Crippen LogP contribution in [0.15, 0.2) is 30.9 Å². The molecule has 0 aliphatic carbocycles. The van der Waals surface area contributed by atoms with E-state index in [0.717, 1.165) is 18.7 Å². The van der Waals surface area contributed by atoms with Crippen molar-refractivity contribution in [2.45, 2.75) is 18.9 Å². The quantitative estimate of drug-likeness (QED) is 0.696. The smallest absolute Gasteiger partial charge is 0.251 e.